The lowest BCUT2D eigenvalue weighted by atomic mass is 10.0. The molecule has 0 radical (unpaired) electrons. The van der Waals surface area contributed by atoms with E-state index in [1.807, 2.05) is 0 Å². The van der Waals surface area contributed by atoms with E-state index in [2.05, 4.69) is 9.97 Å². The van der Waals surface area contributed by atoms with Crippen LogP contribution < -0.4 is 0 Å². The minimum atomic E-state index is -0.796. The second-order valence-electron chi connectivity index (χ2n) is 6.13. The van der Waals surface area contributed by atoms with Crippen LogP contribution in [-0.4, -0.2) is 38.5 Å². The summed E-state index contributed by atoms with van der Waals surface area (Å²) in [5.74, 6) is -1.56. The number of hydrogen-bond donors (Lipinski definition) is 2. The lowest BCUT2D eigenvalue weighted by Crippen LogP contribution is -2.32. The number of imidazole rings is 1. The van der Waals surface area contributed by atoms with E-state index in [9.17, 15) is 18.7 Å². The van der Waals surface area contributed by atoms with Crippen LogP contribution in [0.25, 0.3) is 11.0 Å². The van der Waals surface area contributed by atoms with Crippen molar-refractivity contribution in [3.8, 4) is 0 Å². The molecule has 128 valence electrons. The van der Waals surface area contributed by atoms with Gasteiger partial charge in [0.05, 0.1) is 29.6 Å². The zero-order chi connectivity index (χ0) is 17.6. The summed E-state index contributed by atoms with van der Waals surface area (Å²) in [7, 11) is 0. The normalized spacial score (nSPS) is 20.4. The summed E-state index contributed by atoms with van der Waals surface area (Å²) >= 11 is 0. The topological polar surface area (TPSA) is 69.2 Å². The van der Waals surface area contributed by atoms with Gasteiger partial charge in [-0.15, -0.1) is 0 Å². The highest BCUT2D eigenvalue weighted by Crippen LogP contribution is 2.35. The first-order valence-corrected chi connectivity index (χ1v) is 7.90. The molecule has 3 aromatic rings. The van der Waals surface area contributed by atoms with Gasteiger partial charge in [-0.25, -0.2) is 13.8 Å². The van der Waals surface area contributed by atoms with E-state index in [1.54, 1.807) is 18.2 Å². The van der Waals surface area contributed by atoms with Crippen molar-refractivity contribution in [2.45, 2.75) is 18.6 Å². The predicted octanol–water partition coefficient (Wildman–Crippen LogP) is 2.79. The molecule has 4 rings (SSSR count). The van der Waals surface area contributed by atoms with E-state index >= 15 is 0 Å². The van der Waals surface area contributed by atoms with Crippen LogP contribution in [-0.2, 0) is 0 Å². The van der Waals surface area contributed by atoms with E-state index in [1.165, 1.54) is 11.2 Å². The molecule has 2 atom stereocenters. The lowest BCUT2D eigenvalue weighted by molar-refractivity contribution is 0.0715. The fourth-order valence-electron chi connectivity index (χ4n) is 3.40. The highest BCUT2D eigenvalue weighted by atomic mass is 19.1. The average Bonchev–Trinajstić information content (AvgIpc) is 3.22. The van der Waals surface area contributed by atoms with Crippen LogP contribution in [0, 0.1) is 11.6 Å². The standard InChI is InChI=1S/C18H15F2N3O2/c19-10-4-5-14(20)13(6-10)16-7-11(24)8-23(16)18(25)12-2-1-3-15-17(12)22-9-21-15/h1-6,9,11,16,24H,7-8H2,(H,21,22). The van der Waals surface area contributed by atoms with Crippen LogP contribution in [0.2, 0.25) is 0 Å². The van der Waals surface area contributed by atoms with Crippen LogP contribution in [0.1, 0.15) is 28.4 Å². The van der Waals surface area contributed by atoms with Crippen molar-refractivity contribution >= 4 is 16.9 Å². The van der Waals surface area contributed by atoms with Gasteiger partial charge in [-0.05, 0) is 36.8 Å². The molecule has 5 nitrogen and oxygen atoms in total. The lowest BCUT2D eigenvalue weighted by Gasteiger charge is -2.25. The highest BCUT2D eigenvalue weighted by Gasteiger charge is 2.37. The summed E-state index contributed by atoms with van der Waals surface area (Å²) in [5.41, 5.74) is 1.64. The Morgan fingerprint density at radius 2 is 2.12 bits per heavy atom. The molecule has 2 heterocycles. The molecule has 1 aromatic heterocycles. The maximum atomic E-state index is 14.2. The Balaban J connectivity index is 1.76. The van der Waals surface area contributed by atoms with Crippen LogP contribution in [0.15, 0.2) is 42.7 Å². The first-order valence-electron chi connectivity index (χ1n) is 7.90. The molecule has 1 saturated heterocycles. The van der Waals surface area contributed by atoms with Crippen molar-refractivity contribution in [3.63, 3.8) is 0 Å². The van der Waals surface area contributed by atoms with Gasteiger partial charge in [-0.3, -0.25) is 4.79 Å². The molecule has 0 spiro atoms. The van der Waals surface area contributed by atoms with Crippen molar-refractivity contribution in [1.29, 1.82) is 0 Å². The Bertz CT molecular complexity index is 956. The Labute approximate surface area is 141 Å². The van der Waals surface area contributed by atoms with Gasteiger partial charge in [-0.1, -0.05) is 6.07 Å². The first kappa shape index (κ1) is 15.7. The number of rotatable bonds is 2. The van der Waals surface area contributed by atoms with Crippen LogP contribution in [0.3, 0.4) is 0 Å². The monoisotopic (exact) mass is 343 g/mol. The number of likely N-dealkylation sites (tertiary alicyclic amines) is 1. The summed E-state index contributed by atoms with van der Waals surface area (Å²) in [5, 5.41) is 10.0. The SMILES string of the molecule is O=C(c1cccc2[nH]cnc12)N1CC(O)CC1c1cc(F)ccc1F. The van der Waals surface area contributed by atoms with E-state index in [4.69, 9.17) is 0 Å². The number of benzene rings is 2. The van der Waals surface area contributed by atoms with Crippen LogP contribution >= 0.6 is 0 Å². The summed E-state index contributed by atoms with van der Waals surface area (Å²) in [6.45, 7) is 0.0558. The number of para-hydroxylation sites is 1. The van der Waals surface area contributed by atoms with E-state index in [0.717, 1.165) is 18.2 Å². The van der Waals surface area contributed by atoms with Gasteiger partial charge in [0.15, 0.2) is 0 Å². The molecule has 2 unspecified atom stereocenters. The number of carbonyl (C=O) groups excluding carboxylic acids is 1. The molecule has 1 amide bonds. The molecule has 0 bridgehead atoms. The smallest absolute Gasteiger partial charge is 0.256 e. The molecule has 7 heteroatoms. The van der Waals surface area contributed by atoms with Gasteiger partial charge in [-0.2, -0.15) is 0 Å². The third kappa shape index (κ3) is 2.66. The van der Waals surface area contributed by atoms with Crippen molar-refractivity contribution < 1.29 is 18.7 Å². The number of halogens is 2. The molecule has 2 N–H and O–H groups in total. The molecule has 0 saturated carbocycles. The second kappa shape index (κ2) is 5.93. The van der Waals surface area contributed by atoms with E-state index in [0.29, 0.717) is 16.6 Å². The number of fused-ring (bicyclic) bond motifs is 1. The Kier molecular flexibility index (Phi) is 3.73. The number of aromatic nitrogens is 2. The summed E-state index contributed by atoms with van der Waals surface area (Å²) in [6, 6.07) is 7.56. The number of carbonyl (C=O) groups is 1. The largest absolute Gasteiger partial charge is 0.391 e. The van der Waals surface area contributed by atoms with Gasteiger partial charge in [0.25, 0.3) is 5.91 Å². The molecule has 25 heavy (non-hydrogen) atoms. The number of β-amino-alcohol motifs (C(OH)–C–C–N with tert-alkyl or cyclic N) is 1. The van der Waals surface area contributed by atoms with Crippen molar-refractivity contribution in [3.05, 3.63) is 65.5 Å². The molecule has 2 aromatic carbocycles. The second-order valence-corrected chi connectivity index (χ2v) is 6.13. The van der Waals surface area contributed by atoms with Gasteiger partial charge >= 0.3 is 0 Å². The fourth-order valence-corrected chi connectivity index (χ4v) is 3.40. The predicted molar refractivity (Wildman–Crippen MR) is 86.9 cm³/mol. The van der Waals surface area contributed by atoms with Crippen LogP contribution in [0.5, 0.6) is 0 Å². The number of nitrogens with one attached hydrogen (secondary N) is 1. The van der Waals surface area contributed by atoms with Gasteiger partial charge in [0, 0.05) is 12.1 Å². The van der Waals surface area contributed by atoms with E-state index in [-0.39, 0.29) is 24.4 Å². The van der Waals surface area contributed by atoms with Crippen molar-refractivity contribution in [2.75, 3.05) is 6.54 Å². The van der Waals surface area contributed by atoms with Gasteiger partial charge in [0.1, 0.15) is 17.2 Å². The molecule has 1 fully saturated rings. The van der Waals surface area contributed by atoms with Crippen molar-refractivity contribution in [2.24, 2.45) is 0 Å². The number of hydrogen-bond acceptors (Lipinski definition) is 3. The zero-order valence-electron chi connectivity index (χ0n) is 13.1. The number of aromatic amines is 1. The zero-order valence-corrected chi connectivity index (χ0v) is 13.1. The third-order valence-corrected chi connectivity index (χ3v) is 4.54. The number of nitrogens with zero attached hydrogens (tertiary/aromatic N) is 2. The maximum absolute atomic E-state index is 14.2. The molecular weight excluding hydrogens is 328 g/mol. The minimum Gasteiger partial charge on any atom is -0.391 e. The van der Waals surface area contributed by atoms with Gasteiger partial charge in [0.2, 0.25) is 0 Å². The number of H-pyrrole nitrogens is 1. The summed E-state index contributed by atoms with van der Waals surface area (Å²) in [4.78, 5) is 21.5. The fraction of sp³-hybridized carbons (Fsp3) is 0.222. The number of amides is 1. The summed E-state index contributed by atoms with van der Waals surface area (Å²) in [6.07, 6.45) is 0.849. The molecular formula is C18H15F2N3O2. The number of aliphatic hydroxyl groups is 1. The Hall–Kier alpha value is -2.80. The summed E-state index contributed by atoms with van der Waals surface area (Å²) < 4.78 is 27.8. The Morgan fingerprint density at radius 1 is 1.28 bits per heavy atom. The van der Waals surface area contributed by atoms with Gasteiger partial charge < -0.3 is 15.0 Å². The Morgan fingerprint density at radius 3 is 2.96 bits per heavy atom. The quantitative estimate of drug-likeness (QED) is 0.752. The third-order valence-electron chi connectivity index (χ3n) is 4.54. The molecule has 1 aliphatic rings. The minimum absolute atomic E-state index is 0.0558. The van der Waals surface area contributed by atoms with Crippen molar-refractivity contribution in [1.82, 2.24) is 14.9 Å². The maximum Gasteiger partial charge on any atom is 0.256 e. The number of aliphatic hydroxyl groups excluding tert-OH is 1. The van der Waals surface area contributed by atoms with Crippen LogP contribution in [0.4, 0.5) is 8.78 Å². The average molecular weight is 343 g/mol. The molecule has 0 aliphatic carbocycles. The first-order chi connectivity index (χ1) is 12.0. The van der Waals surface area contributed by atoms with E-state index < -0.39 is 23.8 Å². The molecule has 1 aliphatic heterocycles. The highest BCUT2D eigenvalue weighted by molar-refractivity contribution is 6.05.